The Balaban J connectivity index is 1.30. The molecule has 0 aliphatic heterocycles. The van der Waals surface area contributed by atoms with Crippen LogP contribution in [-0.2, 0) is 9.59 Å². The minimum absolute atomic E-state index is 0.0669. The quantitative estimate of drug-likeness (QED) is 0.211. The van der Waals surface area contributed by atoms with Crippen molar-refractivity contribution in [2.45, 2.75) is 12.8 Å². The van der Waals surface area contributed by atoms with Gasteiger partial charge in [-0.05, 0) is 70.1 Å². The zero-order valence-electron chi connectivity index (χ0n) is 22.0. The fraction of sp³-hybridized carbons (Fsp3) is 0.0556. The fourth-order valence-electron chi connectivity index (χ4n) is 5.10. The van der Waals surface area contributed by atoms with E-state index in [4.69, 9.17) is 0 Å². The number of hydrogen-bond donors (Lipinski definition) is 0. The Morgan fingerprint density at radius 3 is 1.12 bits per heavy atom. The number of para-hydroxylation sites is 2. The van der Waals surface area contributed by atoms with Crippen LogP contribution in [0.25, 0.3) is 21.5 Å². The molecule has 0 radical (unpaired) electrons. The zero-order valence-corrected chi connectivity index (χ0v) is 22.0. The molecule has 0 spiro atoms. The molecule has 194 valence electrons. The lowest BCUT2D eigenvalue weighted by molar-refractivity contribution is -0.123. The van der Waals surface area contributed by atoms with Crippen LogP contribution in [0.5, 0.6) is 0 Å². The maximum atomic E-state index is 13.8. The van der Waals surface area contributed by atoms with Gasteiger partial charge in [0, 0.05) is 35.6 Å². The van der Waals surface area contributed by atoms with Crippen LogP contribution < -0.4 is 9.80 Å². The molecular formula is C36H28N2O2. The van der Waals surface area contributed by atoms with E-state index >= 15 is 0 Å². The highest BCUT2D eigenvalue weighted by Gasteiger charge is 2.23. The Morgan fingerprint density at radius 2 is 0.725 bits per heavy atom. The fourth-order valence-corrected chi connectivity index (χ4v) is 5.10. The maximum Gasteiger partial charge on any atom is 0.232 e. The van der Waals surface area contributed by atoms with Gasteiger partial charge in [0.2, 0.25) is 11.8 Å². The number of hydrogen-bond acceptors (Lipinski definition) is 2. The molecule has 4 nitrogen and oxygen atoms in total. The van der Waals surface area contributed by atoms with Gasteiger partial charge in [-0.15, -0.1) is 0 Å². The average molecular weight is 521 g/mol. The third-order valence-electron chi connectivity index (χ3n) is 7.06. The van der Waals surface area contributed by atoms with E-state index in [0.29, 0.717) is 0 Å². The largest absolute Gasteiger partial charge is 0.281 e. The number of fused-ring (bicyclic) bond motifs is 2. The van der Waals surface area contributed by atoms with Crippen molar-refractivity contribution in [2.24, 2.45) is 0 Å². The Kier molecular flexibility index (Phi) is 7.06. The Labute approximate surface area is 233 Å². The lowest BCUT2D eigenvalue weighted by atomic mass is 10.1. The molecule has 4 heteroatoms. The molecule has 6 rings (SSSR count). The van der Waals surface area contributed by atoms with Gasteiger partial charge in [-0.3, -0.25) is 19.4 Å². The predicted octanol–water partition coefficient (Wildman–Crippen LogP) is 8.80. The van der Waals surface area contributed by atoms with Crippen molar-refractivity contribution in [2.75, 3.05) is 9.80 Å². The molecule has 0 saturated heterocycles. The van der Waals surface area contributed by atoms with Crippen LogP contribution in [0.1, 0.15) is 12.8 Å². The molecule has 2 amide bonds. The SMILES string of the molecule is O=C(CCC(=O)N(c1ccccc1)c1ccc2ccccc2c1)N(c1ccccc1)c1ccc2ccccc2c1. The number of nitrogens with zero attached hydrogens (tertiary/aromatic N) is 2. The normalized spacial score (nSPS) is 10.9. The minimum atomic E-state index is -0.138. The summed E-state index contributed by atoms with van der Waals surface area (Å²) in [6.07, 6.45) is 0.134. The lowest BCUT2D eigenvalue weighted by Gasteiger charge is -2.26. The van der Waals surface area contributed by atoms with Crippen LogP contribution in [0.4, 0.5) is 22.7 Å². The standard InChI is InChI=1S/C36H28N2O2/c39-35(37(31-15-3-1-4-16-31)33-21-19-27-11-7-9-13-29(27)25-33)23-24-36(40)38(32-17-5-2-6-18-32)34-22-20-28-12-8-10-14-30(28)26-34/h1-22,25-26H,23-24H2. The number of carbonyl (C=O) groups excluding carboxylic acids is 2. The van der Waals surface area contributed by atoms with E-state index in [9.17, 15) is 9.59 Å². The van der Waals surface area contributed by atoms with Crippen LogP contribution in [-0.4, -0.2) is 11.8 Å². The van der Waals surface area contributed by atoms with Gasteiger partial charge in [0.25, 0.3) is 0 Å². The summed E-state index contributed by atoms with van der Waals surface area (Å²) < 4.78 is 0. The first kappa shape index (κ1) is 25.1. The molecule has 0 aliphatic carbocycles. The van der Waals surface area contributed by atoms with E-state index < -0.39 is 0 Å². The third-order valence-corrected chi connectivity index (χ3v) is 7.06. The number of benzene rings is 6. The smallest absolute Gasteiger partial charge is 0.232 e. The number of amides is 2. The number of anilines is 4. The van der Waals surface area contributed by atoms with Crippen molar-refractivity contribution in [1.82, 2.24) is 0 Å². The summed E-state index contributed by atoms with van der Waals surface area (Å²) in [6.45, 7) is 0. The predicted molar refractivity (Wildman–Crippen MR) is 164 cm³/mol. The monoisotopic (exact) mass is 520 g/mol. The van der Waals surface area contributed by atoms with E-state index in [1.165, 1.54) is 0 Å². The summed E-state index contributed by atoms with van der Waals surface area (Å²) in [6, 6.07) is 47.4. The van der Waals surface area contributed by atoms with Gasteiger partial charge in [-0.1, -0.05) is 97.1 Å². The molecule has 6 aromatic rings. The van der Waals surface area contributed by atoms with Crippen LogP contribution >= 0.6 is 0 Å². The van der Waals surface area contributed by atoms with Crippen LogP contribution in [0.3, 0.4) is 0 Å². The van der Waals surface area contributed by atoms with Crippen molar-refractivity contribution >= 4 is 56.1 Å². The maximum absolute atomic E-state index is 13.8. The van der Waals surface area contributed by atoms with Crippen molar-refractivity contribution in [3.63, 3.8) is 0 Å². The Morgan fingerprint density at radius 1 is 0.375 bits per heavy atom. The van der Waals surface area contributed by atoms with Crippen molar-refractivity contribution in [1.29, 1.82) is 0 Å². The topological polar surface area (TPSA) is 40.6 Å². The molecule has 6 aromatic carbocycles. The molecular weight excluding hydrogens is 492 g/mol. The molecule has 0 atom stereocenters. The van der Waals surface area contributed by atoms with Gasteiger partial charge in [0.15, 0.2) is 0 Å². The highest BCUT2D eigenvalue weighted by atomic mass is 16.2. The van der Waals surface area contributed by atoms with Gasteiger partial charge in [0.1, 0.15) is 0 Å². The summed E-state index contributed by atoms with van der Waals surface area (Å²) in [5, 5.41) is 4.32. The first-order valence-electron chi connectivity index (χ1n) is 13.4. The highest BCUT2D eigenvalue weighted by molar-refractivity contribution is 6.07. The summed E-state index contributed by atoms with van der Waals surface area (Å²) in [5.74, 6) is -0.275. The summed E-state index contributed by atoms with van der Waals surface area (Å²) in [7, 11) is 0. The lowest BCUT2D eigenvalue weighted by Crippen LogP contribution is -2.30. The molecule has 0 saturated carbocycles. The van der Waals surface area contributed by atoms with Gasteiger partial charge >= 0.3 is 0 Å². The summed E-state index contributed by atoms with van der Waals surface area (Å²) >= 11 is 0. The minimum Gasteiger partial charge on any atom is -0.281 e. The van der Waals surface area contributed by atoms with E-state index in [1.807, 2.05) is 133 Å². The van der Waals surface area contributed by atoms with E-state index in [0.717, 1.165) is 44.3 Å². The van der Waals surface area contributed by atoms with E-state index in [1.54, 1.807) is 9.80 Å². The first-order chi connectivity index (χ1) is 19.7. The first-order valence-corrected chi connectivity index (χ1v) is 13.4. The van der Waals surface area contributed by atoms with Crippen LogP contribution in [0.2, 0.25) is 0 Å². The highest BCUT2D eigenvalue weighted by Crippen LogP contribution is 2.32. The molecule has 0 fully saturated rings. The van der Waals surface area contributed by atoms with Crippen molar-refractivity contribution < 1.29 is 9.59 Å². The average Bonchev–Trinajstić information content (AvgIpc) is 3.01. The van der Waals surface area contributed by atoms with Gasteiger partial charge in [-0.2, -0.15) is 0 Å². The van der Waals surface area contributed by atoms with Gasteiger partial charge in [-0.25, -0.2) is 0 Å². The third kappa shape index (κ3) is 5.20. The van der Waals surface area contributed by atoms with Crippen molar-refractivity contribution in [3.05, 3.63) is 146 Å². The van der Waals surface area contributed by atoms with Crippen molar-refractivity contribution in [3.8, 4) is 0 Å². The van der Waals surface area contributed by atoms with Gasteiger partial charge in [0.05, 0.1) is 0 Å². The Bertz CT molecular complexity index is 1660. The number of rotatable bonds is 7. The van der Waals surface area contributed by atoms with E-state index in [2.05, 4.69) is 12.1 Å². The molecule has 40 heavy (non-hydrogen) atoms. The molecule has 0 aliphatic rings. The zero-order chi connectivity index (χ0) is 27.3. The second-order valence-electron chi connectivity index (χ2n) is 9.69. The second kappa shape index (κ2) is 11.3. The molecule has 0 unspecified atom stereocenters. The van der Waals surface area contributed by atoms with Crippen LogP contribution in [0.15, 0.2) is 146 Å². The Hall–Kier alpha value is -5.22. The summed E-state index contributed by atoms with van der Waals surface area (Å²) in [5.41, 5.74) is 3.09. The molecule has 0 heterocycles. The molecule has 0 N–H and O–H groups in total. The van der Waals surface area contributed by atoms with Gasteiger partial charge < -0.3 is 0 Å². The van der Waals surface area contributed by atoms with E-state index in [-0.39, 0.29) is 24.7 Å². The summed E-state index contributed by atoms with van der Waals surface area (Å²) in [4.78, 5) is 31.0. The van der Waals surface area contributed by atoms with Crippen LogP contribution in [0, 0.1) is 0 Å². The molecule has 0 aromatic heterocycles. The second-order valence-corrected chi connectivity index (χ2v) is 9.69. The molecule has 0 bridgehead atoms. The number of carbonyl (C=O) groups is 2.